The van der Waals surface area contributed by atoms with Crippen LogP contribution in [0.25, 0.3) is 0 Å². The van der Waals surface area contributed by atoms with Crippen molar-refractivity contribution in [3.63, 3.8) is 0 Å². The molecule has 0 spiro atoms. The van der Waals surface area contributed by atoms with Crippen molar-refractivity contribution in [2.45, 2.75) is 51.2 Å². The van der Waals surface area contributed by atoms with E-state index < -0.39 is 12.2 Å². The molecule has 0 saturated carbocycles. The Hall–Kier alpha value is -0.650. The highest BCUT2D eigenvalue weighted by Gasteiger charge is 2.32. The largest absolute Gasteiger partial charge is 0.388 e. The van der Waals surface area contributed by atoms with Gasteiger partial charge in [-0.25, -0.2) is 0 Å². The highest BCUT2D eigenvalue weighted by molar-refractivity contribution is 5.76. The summed E-state index contributed by atoms with van der Waals surface area (Å²) in [5.74, 6) is 0.546. The van der Waals surface area contributed by atoms with Crippen LogP contribution in [0, 0.1) is 5.92 Å². The minimum atomic E-state index is -0.788. The number of aliphatic hydroxyl groups excluding tert-OH is 2. The highest BCUT2D eigenvalue weighted by Crippen LogP contribution is 2.19. The van der Waals surface area contributed by atoms with Crippen molar-refractivity contribution < 1.29 is 15.0 Å². The SMILES string of the molecule is CCCC(CCN)CCC(=O)N1CC(O)C(O)C1. The lowest BCUT2D eigenvalue weighted by Crippen LogP contribution is -2.30. The third-order valence-electron chi connectivity index (χ3n) is 3.65. The van der Waals surface area contributed by atoms with E-state index in [2.05, 4.69) is 6.92 Å². The van der Waals surface area contributed by atoms with Gasteiger partial charge in [0.05, 0.1) is 12.2 Å². The lowest BCUT2D eigenvalue weighted by Gasteiger charge is -2.18. The Bertz CT molecular complexity index is 245. The molecule has 3 atom stereocenters. The van der Waals surface area contributed by atoms with Crippen molar-refractivity contribution >= 4 is 5.91 Å². The first-order valence-corrected chi connectivity index (χ1v) is 6.92. The predicted molar refractivity (Wildman–Crippen MR) is 69.9 cm³/mol. The fourth-order valence-electron chi connectivity index (χ4n) is 2.54. The molecule has 5 nitrogen and oxygen atoms in total. The zero-order chi connectivity index (χ0) is 13.5. The number of β-amino-alcohol motifs (C(OH)–C–C–N with tert-alkyl or cyclic N) is 2. The Balaban J connectivity index is 2.31. The Morgan fingerprint density at radius 2 is 1.89 bits per heavy atom. The number of nitrogens with zero attached hydrogens (tertiary/aromatic N) is 1. The molecule has 1 amide bonds. The number of nitrogens with two attached hydrogens (primary N) is 1. The number of amides is 1. The van der Waals surface area contributed by atoms with E-state index in [4.69, 9.17) is 5.73 Å². The van der Waals surface area contributed by atoms with Gasteiger partial charge in [0, 0.05) is 19.5 Å². The predicted octanol–water partition coefficient (Wildman–Crippen LogP) is 0.0957. The van der Waals surface area contributed by atoms with Gasteiger partial charge in [-0.3, -0.25) is 4.79 Å². The molecule has 1 heterocycles. The van der Waals surface area contributed by atoms with E-state index in [1.54, 1.807) is 4.90 Å². The lowest BCUT2D eigenvalue weighted by molar-refractivity contribution is -0.131. The van der Waals surface area contributed by atoms with Gasteiger partial charge in [0.25, 0.3) is 0 Å². The monoisotopic (exact) mass is 258 g/mol. The van der Waals surface area contributed by atoms with E-state index in [0.717, 1.165) is 25.7 Å². The van der Waals surface area contributed by atoms with Crippen LogP contribution in [0.1, 0.15) is 39.0 Å². The molecule has 5 heteroatoms. The maximum absolute atomic E-state index is 11.9. The molecule has 0 aromatic rings. The molecule has 1 aliphatic heterocycles. The van der Waals surface area contributed by atoms with Crippen LogP contribution in [0.5, 0.6) is 0 Å². The summed E-state index contributed by atoms with van der Waals surface area (Å²) in [6.07, 6.45) is 2.95. The minimum Gasteiger partial charge on any atom is -0.388 e. The van der Waals surface area contributed by atoms with E-state index in [1.165, 1.54) is 0 Å². The molecule has 1 rings (SSSR count). The van der Waals surface area contributed by atoms with Crippen LogP contribution in [0.2, 0.25) is 0 Å². The van der Waals surface area contributed by atoms with Crippen LogP contribution in [0.3, 0.4) is 0 Å². The summed E-state index contributed by atoms with van der Waals surface area (Å²) in [6.45, 7) is 3.32. The van der Waals surface area contributed by atoms with Gasteiger partial charge in [0.15, 0.2) is 0 Å². The third-order valence-corrected chi connectivity index (χ3v) is 3.65. The second kappa shape index (κ2) is 7.71. The zero-order valence-electron chi connectivity index (χ0n) is 11.2. The molecule has 18 heavy (non-hydrogen) atoms. The van der Waals surface area contributed by atoms with Crippen LogP contribution >= 0.6 is 0 Å². The second-order valence-corrected chi connectivity index (χ2v) is 5.20. The van der Waals surface area contributed by atoms with Gasteiger partial charge in [-0.2, -0.15) is 0 Å². The Morgan fingerprint density at radius 1 is 1.28 bits per heavy atom. The number of likely N-dealkylation sites (tertiary alicyclic amines) is 1. The number of aliphatic hydroxyl groups is 2. The van der Waals surface area contributed by atoms with Crippen LogP contribution in [0.15, 0.2) is 0 Å². The maximum atomic E-state index is 11.9. The van der Waals surface area contributed by atoms with Gasteiger partial charge in [0.2, 0.25) is 5.91 Å². The van der Waals surface area contributed by atoms with Crippen molar-refractivity contribution in [2.75, 3.05) is 19.6 Å². The second-order valence-electron chi connectivity index (χ2n) is 5.20. The van der Waals surface area contributed by atoms with E-state index in [-0.39, 0.29) is 19.0 Å². The normalized spacial score (nSPS) is 25.4. The summed E-state index contributed by atoms with van der Waals surface area (Å²) in [6, 6.07) is 0. The lowest BCUT2D eigenvalue weighted by atomic mass is 9.94. The maximum Gasteiger partial charge on any atom is 0.222 e. The highest BCUT2D eigenvalue weighted by atomic mass is 16.3. The molecule has 3 unspecified atom stereocenters. The first kappa shape index (κ1) is 15.4. The summed E-state index contributed by atoms with van der Waals surface area (Å²) in [5, 5.41) is 18.8. The van der Waals surface area contributed by atoms with Gasteiger partial charge in [-0.05, 0) is 25.3 Å². The van der Waals surface area contributed by atoms with Crippen molar-refractivity contribution in [1.82, 2.24) is 4.90 Å². The van der Waals surface area contributed by atoms with E-state index in [0.29, 0.717) is 18.9 Å². The van der Waals surface area contributed by atoms with Gasteiger partial charge >= 0.3 is 0 Å². The quantitative estimate of drug-likeness (QED) is 0.604. The average molecular weight is 258 g/mol. The molecule has 106 valence electrons. The molecule has 0 bridgehead atoms. The van der Waals surface area contributed by atoms with Gasteiger partial charge in [-0.1, -0.05) is 19.8 Å². The first-order valence-electron chi connectivity index (χ1n) is 6.92. The van der Waals surface area contributed by atoms with Gasteiger partial charge < -0.3 is 20.8 Å². The summed E-state index contributed by atoms with van der Waals surface area (Å²) < 4.78 is 0. The van der Waals surface area contributed by atoms with Crippen molar-refractivity contribution in [3.05, 3.63) is 0 Å². The standard InChI is InChI=1S/C13H26N2O3/c1-2-3-10(6-7-14)4-5-13(18)15-8-11(16)12(17)9-15/h10-12,16-17H,2-9,14H2,1H3. The Labute approximate surface area is 109 Å². The van der Waals surface area contributed by atoms with Crippen LogP contribution in [0.4, 0.5) is 0 Å². The molecule has 0 aromatic carbocycles. The van der Waals surface area contributed by atoms with Crippen molar-refractivity contribution in [1.29, 1.82) is 0 Å². The van der Waals surface area contributed by atoms with Crippen LogP contribution in [-0.4, -0.2) is 52.9 Å². The van der Waals surface area contributed by atoms with E-state index in [1.807, 2.05) is 0 Å². The zero-order valence-corrected chi connectivity index (χ0v) is 11.2. The number of hydrogen-bond donors (Lipinski definition) is 3. The molecule has 0 radical (unpaired) electrons. The molecular formula is C13H26N2O3. The topological polar surface area (TPSA) is 86.8 Å². The minimum absolute atomic E-state index is 0.0312. The number of carbonyl (C=O) groups is 1. The Morgan fingerprint density at radius 3 is 2.39 bits per heavy atom. The van der Waals surface area contributed by atoms with E-state index in [9.17, 15) is 15.0 Å². The summed E-state index contributed by atoms with van der Waals surface area (Å²) in [5.41, 5.74) is 5.56. The first-order chi connectivity index (χ1) is 8.58. The molecule has 1 aliphatic rings. The van der Waals surface area contributed by atoms with Gasteiger partial charge in [0.1, 0.15) is 0 Å². The fourth-order valence-corrected chi connectivity index (χ4v) is 2.54. The number of hydrogen-bond acceptors (Lipinski definition) is 4. The molecule has 0 aliphatic carbocycles. The molecular weight excluding hydrogens is 232 g/mol. The summed E-state index contributed by atoms with van der Waals surface area (Å²) >= 11 is 0. The number of carbonyl (C=O) groups excluding carboxylic acids is 1. The fraction of sp³-hybridized carbons (Fsp3) is 0.923. The molecule has 1 fully saturated rings. The van der Waals surface area contributed by atoms with Crippen molar-refractivity contribution in [3.8, 4) is 0 Å². The Kier molecular flexibility index (Phi) is 6.60. The molecule has 0 aromatic heterocycles. The van der Waals surface area contributed by atoms with Crippen LogP contribution < -0.4 is 5.73 Å². The molecule has 4 N–H and O–H groups in total. The number of rotatable bonds is 7. The van der Waals surface area contributed by atoms with Gasteiger partial charge in [-0.15, -0.1) is 0 Å². The van der Waals surface area contributed by atoms with E-state index >= 15 is 0 Å². The summed E-state index contributed by atoms with van der Waals surface area (Å²) in [4.78, 5) is 13.5. The van der Waals surface area contributed by atoms with Crippen molar-refractivity contribution in [2.24, 2.45) is 11.7 Å². The summed E-state index contributed by atoms with van der Waals surface area (Å²) in [7, 11) is 0. The average Bonchev–Trinajstić information content (AvgIpc) is 2.67. The van der Waals surface area contributed by atoms with Crippen LogP contribution in [-0.2, 0) is 4.79 Å². The third kappa shape index (κ3) is 4.55. The smallest absolute Gasteiger partial charge is 0.222 e. The molecule has 1 saturated heterocycles.